The quantitative estimate of drug-likeness (QED) is 0.332. The SMILES string of the molecule is Cc1ccc(-c2cc(N3CC4CS(=O)(=O)CCN4C[C@@H]3CO)ncc2N(C)C(=O)C(C)(C)c2cc(C(F)(F)F)cc(C(F)(F)F)c2)c(C)c1. The highest BCUT2D eigenvalue weighted by Gasteiger charge is 2.42. The predicted octanol–water partition coefficient (Wildman–Crippen LogP) is 5.62. The number of aryl methyl sites for hydroxylation is 2. The Morgan fingerprint density at radius 1 is 0.939 bits per heavy atom. The second-order valence-electron chi connectivity index (χ2n) is 13.4. The molecule has 0 aliphatic carbocycles. The van der Waals surface area contributed by atoms with Crippen molar-refractivity contribution < 1.29 is 44.7 Å². The topological polar surface area (TPSA) is 94.1 Å². The second kappa shape index (κ2) is 12.9. The first kappa shape index (κ1) is 36.6. The molecule has 3 heterocycles. The van der Waals surface area contributed by atoms with Crippen LogP contribution in [0.15, 0.2) is 48.7 Å². The predicted molar refractivity (Wildman–Crippen MR) is 174 cm³/mol. The number of amides is 1. The molecular formula is C34H38F6N4O4S. The summed E-state index contributed by atoms with van der Waals surface area (Å²) in [6.45, 7) is 7.10. The number of hydrogen-bond acceptors (Lipinski definition) is 7. The van der Waals surface area contributed by atoms with Crippen LogP contribution < -0.4 is 9.80 Å². The summed E-state index contributed by atoms with van der Waals surface area (Å²) in [7, 11) is -1.87. The van der Waals surface area contributed by atoms with E-state index in [2.05, 4.69) is 4.98 Å². The van der Waals surface area contributed by atoms with Crippen LogP contribution in [-0.4, -0.2) is 86.2 Å². The number of aliphatic hydroxyl groups excluding tert-OH is 1. The highest BCUT2D eigenvalue weighted by Crippen LogP contribution is 2.42. The number of aromatic nitrogens is 1. The zero-order chi connectivity index (χ0) is 36.3. The third kappa shape index (κ3) is 7.43. The van der Waals surface area contributed by atoms with Crippen molar-refractivity contribution in [2.24, 2.45) is 0 Å². The Hall–Kier alpha value is -3.69. The van der Waals surface area contributed by atoms with Crippen LogP contribution in [0.5, 0.6) is 0 Å². The van der Waals surface area contributed by atoms with Gasteiger partial charge in [0.05, 0.1) is 52.6 Å². The maximum absolute atomic E-state index is 14.1. The standard InChI is InChI=1S/C34H38F6N4O4S/c1-20-6-7-27(21(2)10-20)28-14-30(44-17-26-19-49(47,48)9-8-43(26)16-25(44)18-45)41-15-29(28)42(5)31(46)32(3,4)22-11-23(33(35,36)37)13-24(12-22)34(38,39)40/h6-7,10-15,25-26,45H,8-9,16-19H2,1-5H3/t25-,26?/m1/s1. The van der Waals surface area contributed by atoms with Gasteiger partial charge in [-0.3, -0.25) is 9.69 Å². The first-order chi connectivity index (χ1) is 22.6. The van der Waals surface area contributed by atoms with Crippen molar-refractivity contribution in [3.8, 4) is 11.1 Å². The molecular weight excluding hydrogens is 674 g/mol. The van der Waals surface area contributed by atoms with Crippen molar-refractivity contribution in [1.29, 1.82) is 0 Å². The van der Waals surface area contributed by atoms with Gasteiger partial charge in [0.15, 0.2) is 9.84 Å². The zero-order valence-corrected chi connectivity index (χ0v) is 28.5. The average molecular weight is 713 g/mol. The summed E-state index contributed by atoms with van der Waals surface area (Å²) in [6.07, 6.45) is -8.77. The molecule has 1 unspecified atom stereocenters. The molecule has 2 aliphatic heterocycles. The van der Waals surface area contributed by atoms with E-state index in [9.17, 15) is 44.7 Å². The molecule has 8 nitrogen and oxygen atoms in total. The van der Waals surface area contributed by atoms with Gasteiger partial charge in [-0.1, -0.05) is 23.8 Å². The highest BCUT2D eigenvalue weighted by molar-refractivity contribution is 7.91. The Balaban J connectivity index is 1.59. The Labute approximate surface area is 281 Å². The fourth-order valence-corrected chi connectivity index (χ4v) is 8.25. The van der Waals surface area contributed by atoms with E-state index in [1.807, 2.05) is 41.8 Å². The molecule has 2 saturated heterocycles. The molecule has 0 bridgehead atoms. The first-order valence-corrected chi connectivity index (χ1v) is 17.4. The van der Waals surface area contributed by atoms with Crippen molar-refractivity contribution in [2.75, 3.05) is 54.6 Å². The molecule has 1 amide bonds. The lowest BCUT2D eigenvalue weighted by Crippen LogP contribution is -2.64. The molecule has 2 aliphatic rings. The second-order valence-corrected chi connectivity index (χ2v) is 15.6. The monoisotopic (exact) mass is 712 g/mol. The Morgan fingerprint density at radius 2 is 1.55 bits per heavy atom. The van der Waals surface area contributed by atoms with Crippen LogP contribution in [0, 0.1) is 13.8 Å². The van der Waals surface area contributed by atoms with Gasteiger partial charge in [-0.05, 0) is 68.7 Å². The van der Waals surface area contributed by atoms with Gasteiger partial charge in [-0.15, -0.1) is 0 Å². The van der Waals surface area contributed by atoms with E-state index in [-0.39, 0.29) is 42.5 Å². The number of likely N-dealkylation sites (N-methyl/N-ethyl adjacent to an activating group) is 1. The van der Waals surface area contributed by atoms with E-state index in [1.54, 1.807) is 6.07 Å². The number of fused-ring (bicyclic) bond motifs is 1. The summed E-state index contributed by atoms with van der Waals surface area (Å²) in [4.78, 5) is 23.8. The lowest BCUT2D eigenvalue weighted by Gasteiger charge is -2.48. The molecule has 15 heteroatoms. The molecule has 1 N–H and O–H groups in total. The van der Waals surface area contributed by atoms with Crippen molar-refractivity contribution in [3.05, 3.63) is 76.5 Å². The number of benzene rings is 2. The van der Waals surface area contributed by atoms with Crippen LogP contribution in [0.3, 0.4) is 0 Å². The Kier molecular flexibility index (Phi) is 9.62. The minimum atomic E-state index is -5.09. The van der Waals surface area contributed by atoms with Crippen LogP contribution in [0.4, 0.5) is 37.8 Å². The van der Waals surface area contributed by atoms with E-state index in [0.717, 1.165) is 11.1 Å². The van der Waals surface area contributed by atoms with E-state index < -0.39 is 56.2 Å². The summed E-state index contributed by atoms with van der Waals surface area (Å²) in [5, 5.41) is 10.3. The van der Waals surface area contributed by atoms with Crippen LogP contribution in [0.1, 0.15) is 41.7 Å². The van der Waals surface area contributed by atoms with Crippen LogP contribution in [0.2, 0.25) is 0 Å². The molecule has 3 aromatic rings. The number of nitrogens with zero attached hydrogens (tertiary/aromatic N) is 4. The molecule has 0 saturated carbocycles. The number of sulfone groups is 1. The molecule has 0 spiro atoms. The number of piperazine rings is 1. The summed E-state index contributed by atoms with van der Waals surface area (Å²) in [6, 6.07) is 7.75. The molecule has 0 radical (unpaired) electrons. The van der Waals surface area contributed by atoms with Gasteiger partial charge in [-0.2, -0.15) is 26.3 Å². The van der Waals surface area contributed by atoms with Gasteiger partial charge in [0.2, 0.25) is 5.91 Å². The summed E-state index contributed by atoms with van der Waals surface area (Å²) < 4.78 is 107. The number of aliphatic hydroxyl groups is 1. The lowest BCUT2D eigenvalue weighted by atomic mass is 9.81. The fourth-order valence-electron chi connectivity index (χ4n) is 6.67. The van der Waals surface area contributed by atoms with Crippen molar-refractivity contribution in [3.63, 3.8) is 0 Å². The van der Waals surface area contributed by atoms with Gasteiger partial charge in [0.1, 0.15) is 5.82 Å². The minimum absolute atomic E-state index is 0.0247. The van der Waals surface area contributed by atoms with Crippen LogP contribution in [0.25, 0.3) is 11.1 Å². The number of carbonyl (C=O) groups excluding carboxylic acids is 1. The number of alkyl halides is 6. The zero-order valence-electron chi connectivity index (χ0n) is 27.7. The smallest absolute Gasteiger partial charge is 0.394 e. The van der Waals surface area contributed by atoms with E-state index in [0.29, 0.717) is 42.2 Å². The van der Waals surface area contributed by atoms with Gasteiger partial charge < -0.3 is 14.9 Å². The number of rotatable bonds is 6. The largest absolute Gasteiger partial charge is 0.416 e. The van der Waals surface area contributed by atoms with Gasteiger partial charge in [0.25, 0.3) is 0 Å². The van der Waals surface area contributed by atoms with Crippen LogP contribution >= 0.6 is 0 Å². The normalized spacial score (nSPS) is 20.2. The van der Waals surface area contributed by atoms with Crippen molar-refractivity contribution in [2.45, 2.75) is 57.5 Å². The summed E-state index contributed by atoms with van der Waals surface area (Å²) >= 11 is 0. The average Bonchev–Trinajstić information content (AvgIpc) is 3.01. The van der Waals surface area contributed by atoms with Crippen molar-refractivity contribution in [1.82, 2.24) is 9.88 Å². The maximum Gasteiger partial charge on any atom is 0.416 e. The third-order valence-corrected chi connectivity index (χ3v) is 11.2. The molecule has 1 aromatic heterocycles. The lowest BCUT2D eigenvalue weighted by molar-refractivity contribution is -0.143. The summed E-state index contributed by atoms with van der Waals surface area (Å²) in [5.41, 5.74) is -2.12. The van der Waals surface area contributed by atoms with E-state index in [1.165, 1.54) is 32.0 Å². The number of anilines is 2. The number of halogens is 6. The molecule has 5 rings (SSSR count). The van der Waals surface area contributed by atoms with Gasteiger partial charge in [0, 0.05) is 38.3 Å². The molecule has 49 heavy (non-hydrogen) atoms. The Morgan fingerprint density at radius 3 is 2.12 bits per heavy atom. The highest BCUT2D eigenvalue weighted by atomic mass is 32.2. The van der Waals surface area contributed by atoms with Gasteiger partial charge in [-0.25, -0.2) is 13.4 Å². The van der Waals surface area contributed by atoms with Crippen molar-refractivity contribution >= 4 is 27.2 Å². The number of hydrogen-bond donors (Lipinski definition) is 1. The molecule has 2 fully saturated rings. The number of carbonyl (C=O) groups is 1. The summed E-state index contributed by atoms with van der Waals surface area (Å²) in [5.74, 6) is -0.371. The maximum atomic E-state index is 14.1. The molecule has 266 valence electrons. The first-order valence-electron chi connectivity index (χ1n) is 15.6. The third-order valence-electron chi connectivity index (χ3n) is 9.50. The van der Waals surface area contributed by atoms with E-state index >= 15 is 0 Å². The molecule has 2 atom stereocenters. The Bertz CT molecular complexity index is 1830. The minimum Gasteiger partial charge on any atom is -0.394 e. The molecule has 2 aromatic carbocycles. The van der Waals surface area contributed by atoms with Crippen LogP contribution in [-0.2, 0) is 32.4 Å². The number of pyridine rings is 1. The van der Waals surface area contributed by atoms with Gasteiger partial charge >= 0.3 is 12.4 Å². The fraction of sp³-hybridized carbons (Fsp3) is 0.471. The van der Waals surface area contributed by atoms with E-state index in [4.69, 9.17) is 0 Å².